The van der Waals surface area contributed by atoms with Crippen molar-refractivity contribution in [3.63, 3.8) is 0 Å². The van der Waals surface area contributed by atoms with Gasteiger partial charge in [-0.1, -0.05) is 18.2 Å². The molecule has 1 aromatic heterocycles. The highest BCUT2D eigenvalue weighted by Gasteiger charge is 2.23. The summed E-state index contributed by atoms with van der Waals surface area (Å²) < 4.78 is 7.29. The van der Waals surface area contributed by atoms with E-state index in [1.807, 2.05) is 24.3 Å². The number of nitrogens with zero attached hydrogens (tertiary/aromatic N) is 3. The van der Waals surface area contributed by atoms with E-state index < -0.39 is 12.2 Å². The van der Waals surface area contributed by atoms with Crippen LogP contribution >= 0.6 is 0 Å². The Morgan fingerprint density at radius 1 is 1.15 bits per heavy atom. The number of carbonyl (C=O) groups excluding carboxylic acids is 1. The third-order valence-electron chi connectivity index (χ3n) is 4.97. The lowest BCUT2D eigenvalue weighted by molar-refractivity contribution is -0.0150. The van der Waals surface area contributed by atoms with E-state index in [0.717, 1.165) is 30.6 Å². The SMILES string of the molecule is Cn1nccc1C(=O)N1CCCCc2ccccc2OC[C@@H](O)[C@@H](O)CC1. The highest BCUT2D eigenvalue weighted by Crippen LogP contribution is 2.21. The van der Waals surface area contributed by atoms with Crippen LogP contribution < -0.4 is 4.74 Å². The zero-order valence-electron chi connectivity index (χ0n) is 15.6. The van der Waals surface area contributed by atoms with Gasteiger partial charge in [-0.2, -0.15) is 5.10 Å². The van der Waals surface area contributed by atoms with E-state index in [2.05, 4.69) is 5.10 Å². The van der Waals surface area contributed by atoms with Gasteiger partial charge in [0.2, 0.25) is 0 Å². The molecule has 3 rings (SSSR count). The van der Waals surface area contributed by atoms with Crippen LogP contribution in [-0.4, -0.2) is 62.7 Å². The lowest BCUT2D eigenvalue weighted by Gasteiger charge is -2.25. The molecule has 7 heteroatoms. The van der Waals surface area contributed by atoms with E-state index in [9.17, 15) is 15.0 Å². The second kappa shape index (κ2) is 9.01. The summed E-state index contributed by atoms with van der Waals surface area (Å²) in [7, 11) is 1.74. The molecular formula is C20H27N3O4. The number of aliphatic hydroxyl groups excluding tert-OH is 2. The number of amides is 1. The van der Waals surface area contributed by atoms with Crippen LogP contribution in [0.1, 0.15) is 35.3 Å². The highest BCUT2D eigenvalue weighted by atomic mass is 16.5. The molecular weight excluding hydrogens is 346 g/mol. The van der Waals surface area contributed by atoms with Crippen molar-refractivity contribution in [1.29, 1.82) is 0 Å². The summed E-state index contributed by atoms with van der Waals surface area (Å²) in [4.78, 5) is 14.6. The van der Waals surface area contributed by atoms with Crippen LogP contribution in [0.4, 0.5) is 0 Å². The second-order valence-corrected chi connectivity index (χ2v) is 6.93. The molecule has 0 unspecified atom stereocenters. The van der Waals surface area contributed by atoms with E-state index in [0.29, 0.717) is 18.8 Å². The molecule has 0 saturated carbocycles. The topological polar surface area (TPSA) is 87.8 Å². The van der Waals surface area contributed by atoms with Gasteiger partial charge in [0, 0.05) is 26.3 Å². The second-order valence-electron chi connectivity index (χ2n) is 6.93. The molecule has 2 atom stereocenters. The van der Waals surface area contributed by atoms with Crippen LogP contribution in [0.3, 0.4) is 0 Å². The first kappa shape index (κ1) is 19.4. The Labute approximate surface area is 159 Å². The largest absolute Gasteiger partial charge is 0.491 e. The number of aryl methyl sites for hydroxylation is 2. The number of benzene rings is 1. The number of fused-ring (bicyclic) bond motifs is 1. The molecule has 1 aliphatic rings. The smallest absolute Gasteiger partial charge is 0.272 e. The Hall–Kier alpha value is -2.38. The quantitative estimate of drug-likeness (QED) is 0.789. The van der Waals surface area contributed by atoms with E-state index in [4.69, 9.17) is 4.74 Å². The molecule has 7 nitrogen and oxygen atoms in total. The minimum atomic E-state index is -1.01. The lowest BCUT2D eigenvalue weighted by Crippen LogP contribution is -2.39. The molecule has 0 aliphatic carbocycles. The number of ether oxygens (including phenoxy) is 1. The zero-order valence-corrected chi connectivity index (χ0v) is 15.6. The molecule has 0 bridgehead atoms. The summed E-state index contributed by atoms with van der Waals surface area (Å²) in [5, 5.41) is 24.6. The summed E-state index contributed by atoms with van der Waals surface area (Å²) in [6.45, 7) is 0.985. The van der Waals surface area contributed by atoms with Crippen molar-refractivity contribution < 1.29 is 19.7 Å². The summed E-state index contributed by atoms with van der Waals surface area (Å²) >= 11 is 0. The van der Waals surface area contributed by atoms with Crippen molar-refractivity contribution in [2.75, 3.05) is 19.7 Å². The molecule has 146 valence electrons. The molecule has 0 spiro atoms. The van der Waals surface area contributed by atoms with E-state index in [1.165, 1.54) is 0 Å². The van der Waals surface area contributed by atoms with Crippen molar-refractivity contribution in [3.05, 3.63) is 47.8 Å². The first-order valence-electron chi connectivity index (χ1n) is 9.40. The standard InChI is InChI=1S/C20H27N3O4/c1-22-16(9-11-21-22)20(26)23-12-5-4-7-15-6-2-3-8-19(15)27-14-18(25)17(24)10-13-23/h2-3,6,8-9,11,17-18,24-25H,4-5,7,10,12-14H2,1H3/t17-,18+/m0/s1. The van der Waals surface area contributed by atoms with Crippen molar-refractivity contribution >= 4 is 5.91 Å². The normalized spacial score (nSPS) is 22.0. The summed E-state index contributed by atoms with van der Waals surface area (Å²) in [5.74, 6) is 0.633. The molecule has 1 amide bonds. The van der Waals surface area contributed by atoms with Crippen molar-refractivity contribution in [2.45, 2.75) is 37.9 Å². The average Bonchev–Trinajstić information content (AvgIpc) is 3.11. The molecule has 0 fully saturated rings. The van der Waals surface area contributed by atoms with Crippen LogP contribution in [-0.2, 0) is 13.5 Å². The van der Waals surface area contributed by atoms with Gasteiger partial charge in [-0.05, 0) is 43.4 Å². The van der Waals surface area contributed by atoms with Crippen molar-refractivity contribution in [2.24, 2.45) is 7.05 Å². The molecule has 2 N–H and O–H groups in total. The van der Waals surface area contributed by atoms with Gasteiger partial charge in [-0.3, -0.25) is 9.48 Å². The maximum absolute atomic E-state index is 12.8. The van der Waals surface area contributed by atoms with Gasteiger partial charge in [0.05, 0.1) is 6.10 Å². The van der Waals surface area contributed by atoms with E-state index in [-0.39, 0.29) is 18.9 Å². The summed E-state index contributed by atoms with van der Waals surface area (Å²) in [5.41, 5.74) is 1.59. The minimum absolute atomic E-state index is 0.0217. The molecule has 1 aromatic carbocycles. The van der Waals surface area contributed by atoms with Gasteiger partial charge in [0.25, 0.3) is 5.91 Å². The first-order chi connectivity index (χ1) is 13.1. The fourth-order valence-electron chi connectivity index (χ4n) is 3.30. The maximum Gasteiger partial charge on any atom is 0.272 e. The Balaban J connectivity index is 1.75. The number of hydrogen-bond acceptors (Lipinski definition) is 5. The van der Waals surface area contributed by atoms with Crippen LogP contribution in [0.2, 0.25) is 0 Å². The number of aromatic nitrogens is 2. The van der Waals surface area contributed by atoms with Gasteiger partial charge >= 0.3 is 0 Å². The number of para-hydroxylation sites is 1. The van der Waals surface area contributed by atoms with Gasteiger partial charge < -0.3 is 19.8 Å². The molecule has 1 aliphatic heterocycles. The zero-order chi connectivity index (χ0) is 19.2. The molecule has 2 heterocycles. The van der Waals surface area contributed by atoms with Gasteiger partial charge in [0.15, 0.2) is 0 Å². The first-order valence-corrected chi connectivity index (χ1v) is 9.40. The third-order valence-corrected chi connectivity index (χ3v) is 4.97. The van der Waals surface area contributed by atoms with E-state index >= 15 is 0 Å². The molecule has 27 heavy (non-hydrogen) atoms. The summed E-state index contributed by atoms with van der Waals surface area (Å²) in [6, 6.07) is 9.44. The Morgan fingerprint density at radius 3 is 2.74 bits per heavy atom. The number of rotatable bonds is 1. The fraction of sp³-hybridized carbons (Fsp3) is 0.500. The van der Waals surface area contributed by atoms with Crippen molar-refractivity contribution in [3.8, 4) is 5.75 Å². The minimum Gasteiger partial charge on any atom is -0.491 e. The Morgan fingerprint density at radius 2 is 1.96 bits per heavy atom. The lowest BCUT2D eigenvalue weighted by atomic mass is 10.1. The summed E-state index contributed by atoms with van der Waals surface area (Å²) in [6.07, 6.45) is 2.52. The monoisotopic (exact) mass is 373 g/mol. The third kappa shape index (κ3) is 4.87. The molecule has 2 aromatic rings. The van der Waals surface area contributed by atoms with Crippen molar-refractivity contribution in [1.82, 2.24) is 14.7 Å². The predicted octanol–water partition coefficient (Wildman–Crippen LogP) is 1.39. The van der Waals surface area contributed by atoms with Gasteiger partial charge in [0.1, 0.15) is 24.2 Å². The fourth-order valence-corrected chi connectivity index (χ4v) is 3.30. The maximum atomic E-state index is 12.8. The predicted molar refractivity (Wildman–Crippen MR) is 101 cm³/mol. The highest BCUT2D eigenvalue weighted by molar-refractivity contribution is 5.92. The van der Waals surface area contributed by atoms with Crippen LogP contribution in [0.5, 0.6) is 5.75 Å². The number of carbonyl (C=O) groups is 1. The Bertz CT molecular complexity index is 761. The number of hydrogen-bond donors (Lipinski definition) is 2. The molecule has 0 radical (unpaired) electrons. The van der Waals surface area contributed by atoms with Crippen LogP contribution in [0.15, 0.2) is 36.5 Å². The van der Waals surface area contributed by atoms with Gasteiger partial charge in [-0.15, -0.1) is 0 Å². The van der Waals surface area contributed by atoms with Gasteiger partial charge in [-0.25, -0.2) is 0 Å². The number of aliphatic hydroxyl groups is 2. The van der Waals surface area contributed by atoms with E-state index in [1.54, 1.807) is 28.9 Å². The van der Waals surface area contributed by atoms with Crippen LogP contribution in [0.25, 0.3) is 0 Å². The average molecular weight is 373 g/mol. The Kier molecular flexibility index (Phi) is 6.47. The van der Waals surface area contributed by atoms with Crippen LogP contribution in [0, 0.1) is 0 Å². The molecule has 0 saturated heterocycles.